The minimum Gasteiger partial charge on any atom is -0.351 e. The van der Waals surface area contributed by atoms with Gasteiger partial charge in [0, 0.05) is 25.0 Å². The number of nitrogens with one attached hydrogen (secondary N) is 1. The predicted octanol–water partition coefficient (Wildman–Crippen LogP) is 2.13. The van der Waals surface area contributed by atoms with Crippen LogP contribution in [0.15, 0.2) is 30.3 Å². The Balaban J connectivity index is 1.76. The van der Waals surface area contributed by atoms with E-state index in [9.17, 15) is 9.59 Å². The molecule has 0 aromatic heterocycles. The Kier molecular flexibility index (Phi) is 5.51. The molecule has 0 radical (unpaired) electrons. The molecule has 1 unspecified atom stereocenters. The molecule has 1 aromatic carbocycles. The number of hydrogen-bond acceptors (Lipinski definition) is 3. The molecule has 130 valence electrons. The van der Waals surface area contributed by atoms with Crippen LogP contribution in [0.25, 0.3) is 0 Å². The fourth-order valence-corrected chi connectivity index (χ4v) is 3.75. The Morgan fingerprint density at radius 2 is 1.83 bits per heavy atom. The van der Waals surface area contributed by atoms with Gasteiger partial charge in [-0.3, -0.25) is 9.59 Å². The van der Waals surface area contributed by atoms with E-state index in [0.29, 0.717) is 13.0 Å². The molecule has 0 bridgehead atoms. The first kappa shape index (κ1) is 17.0. The van der Waals surface area contributed by atoms with Gasteiger partial charge in [-0.05, 0) is 44.1 Å². The molecule has 1 saturated heterocycles. The average molecular weight is 329 g/mol. The molecule has 1 aliphatic carbocycles. The van der Waals surface area contributed by atoms with Crippen molar-refractivity contribution in [3.8, 4) is 0 Å². The SMILES string of the molecule is NC1CCC(NC(=O)C(c2ccccc2)N2CCCCC2=O)CC1. The third-order valence-corrected chi connectivity index (χ3v) is 5.15. The highest BCUT2D eigenvalue weighted by Gasteiger charge is 2.34. The largest absolute Gasteiger partial charge is 0.351 e. The molecule has 1 heterocycles. The maximum Gasteiger partial charge on any atom is 0.247 e. The summed E-state index contributed by atoms with van der Waals surface area (Å²) in [6, 6.07) is 9.54. The third-order valence-electron chi connectivity index (χ3n) is 5.15. The number of piperidine rings is 1. The highest BCUT2D eigenvalue weighted by Crippen LogP contribution is 2.27. The zero-order chi connectivity index (χ0) is 16.9. The molecule has 1 aromatic rings. The number of likely N-dealkylation sites (tertiary alicyclic amines) is 1. The first-order valence-corrected chi connectivity index (χ1v) is 9.05. The van der Waals surface area contributed by atoms with Gasteiger partial charge in [0.05, 0.1) is 0 Å². The lowest BCUT2D eigenvalue weighted by atomic mass is 9.91. The van der Waals surface area contributed by atoms with Crippen LogP contribution in [-0.2, 0) is 9.59 Å². The maximum atomic E-state index is 13.0. The van der Waals surface area contributed by atoms with Crippen molar-refractivity contribution < 1.29 is 9.59 Å². The number of amides is 2. The molecule has 0 spiro atoms. The van der Waals surface area contributed by atoms with Gasteiger partial charge in [0.25, 0.3) is 0 Å². The van der Waals surface area contributed by atoms with Gasteiger partial charge < -0.3 is 16.0 Å². The normalized spacial score (nSPS) is 26.0. The van der Waals surface area contributed by atoms with Crippen molar-refractivity contribution in [2.75, 3.05) is 6.54 Å². The summed E-state index contributed by atoms with van der Waals surface area (Å²) >= 11 is 0. The van der Waals surface area contributed by atoms with E-state index in [4.69, 9.17) is 5.73 Å². The first-order valence-electron chi connectivity index (χ1n) is 9.05. The second kappa shape index (κ2) is 7.79. The lowest BCUT2D eigenvalue weighted by Gasteiger charge is -2.36. The fraction of sp³-hybridized carbons (Fsp3) is 0.579. The molecule has 3 N–H and O–H groups in total. The van der Waals surface area contributed by atoms with Gasteiger partial charge >= 0.3 is 0 Å². The van der Waals surface area contributed by atoms with Crippen molar-refractivity contribution in [2.24, 2.45) is 5.73 Å². The third kappa shape index (κ3) is 3.96. The molecule has 2 amide bonds. The van der Waals surface area contributed by atoms with Crippen LogP contribution in [0, 0.1) is 0 Å². The lowest BCUT2D eigenvalue weighted by Crippen LogP contribution is -2.49. The van der Waals surface area contributed by atoms with E-state index in [1.54, 1.807) is 4.90 Å². The Labute approximate surface area is 143 Å². The summed E-state index contributed by atoms with van der Waals surface area (Å²) in [5, 5.41) is 3.17. The predicted molar refractivity (Wildman–Crippen MR) is 93.1 cm³/mol. The number of benzene rings is 1. The highest BCUT2D eigenvalue weighted by molar-refractivity contribution is 5.89. The van der Waals surface area contributed by atoms with Gasteiger partial charge in [-0.2, -0.15) is 0 Å². The second-order valence-electron chi connectivity index (χ2n) is 6.98. The quantitative estimate of drug-likeness (QED) is 0.888. The van der Waals surface area contributed by atoms with E-state index in [1.165, 1.54) is 0 Å². The summed E-state index contributed by atoms with van der Waals surface area (Å²) in [6.45, 7) is 0.654. The van der Waals surface area contributed by atoms with Crippen LogP contribution in [0.5, 0.6) is 0 Å². The minimum atomic E-state index is -0.519. The van der Waals surface area contributed by atoms with Gasteiger partial charge in [-0.1, -0.05) is 30.3 Å². The standard InChI is InChI=1S/C19H27N3O2/c20-15-9-11-16(12-10-15)21-19(24)18(14-6-2-1-3-7-14)22-13-5-4-8-17(22)23/h1-3,6-7,15-16,18H,4-5,8-13,20H2,(H,21,24). The van der Waals surface area contributed by atoms with Crippen molar-refractivity contribution in [1.29, 1.82) is 0 Å². The minimum absolute atomic E-state index is 0.0584. The fourth-order valence-electron chi connectivity index (χ4n) is 3.75. The number of nitrogens with two attached hydrogens (primary N) is 1. The smallest absolute Gasteiger partial charge is 0.247 e. The Bertz CT molecular complexity index is 567. The maximum absolute atomic E-state index is 13.0. The molecule has 5 heteroatoms. The van der Waals surface area contributed by atoms with Crippen molar-refractivity contribution in [3.05, 3.63) is 35.9 Å². The van der Waals surface area contributed by atoms with Crippen LogP contribution in [0.3, 0.4) is 0 Å². The summed E-state index contributed by atoms with van der Waals surface area (Å²) < 4.78 is 0. The van der Waals surface area contributed by atoms with E-state index in [-0.39, 0.29) is 23.9 Å². The Hall–Kier alpha value is -1.88. The van der Waals surface area contributed by atoms with E-state index < -0.39 is 6.04 Å². The van der Waals surface area contributed by atoms with E-state index in [2.05, 4.69) is 5.32 Å². The second-order valence-corrected chi connectivity index (χ2v) is 6.98. The number of rotatable bonds is 4. The van der Waals surface area contributed by atoms with Crippen molar-refractivity contribution >= 4 is 11.8 Å². The molecule has 2 aliphatic rings. The molecule has 1 aliphatic heterocycles. The van der Waals surface area contributed by atoms with Gasteiger partial charge in [0.1, 0.15) is 6.04 Å². The van der Waals surface area contributed by atoms with E-state index >= 15 is 0 Å². The first-order chi connectivity index (χ1) is 11.6. The summed E-state index contributed by atoms with van der Waals surface area (Å²) in [5.74, 6) is 0.0211. The summed E-state index contributed by atoms with van der Waals surface area (Å²) in [4.78, 5) is 27.1. The molecular weight excluding hydrogens is 302 g/mol. The van der Waals surface area contributed by atoms with Gasteiger partial charge in [-0.25, -0.2) is 0 Å². The van der Waals surface area contributed by atoms with Crippen molar-refractivity contribution in [1.82, 2.24) is 10.2 Å². The molecule has 3 rings (SSSR count). The van der Waals surface area contributed by atoms with Gasteiger partial charge in [0.2, 0.25) is 11.8 Å². The topological polar surface area (TPSA) is 75.4 Å². The van der Waals surface area contributed by atoms with E-state index in [1.807, 2.05) is 30.3 Å². The zero-order valence-corrected chi connectivity index (χ0v) is 14.1. The highest BCUT2D eigenvalue weighted by atomic mass is 16.2. The van der Waals surface area contributed by atoms with Crippen LogP contribution in [0.1, 0.15) is 56.6 Å². The molecule has 1 atom stereocenters. The Morgan fingerprint density at radius 3 is 2.50 bits per heavy atom. The Morgan fingerprint density at radius 1 is 1.12 bits per heavy atom. The monoisotopic (exact) mass is 329 g/mol. The number of nitrogens with zero attached hydrogens (tertiary/aromatic N) is 1. The van der Waals surface area contributed by atoms with Crippen molar-refractivity contribution in [2.45, 2.75) is 63.1 Å². The average Bonchev–Trinajstić information content (AvgIpc) is 2.60. The lowest BCUT2D eigenvalue weighted by molar-refractivity contribution is -0.143. The molecule has 24 heavy (non-hydrogen) atoms. The zero-order valence-electron chi connectivity index (χ0n) is 14.1. The number of hydrogen-bond donors (Lipinski definition) is 2. The van der Waals surface area contributed by atoms with Crippen LogP contribution in [-0.4, -0.2) is 35.3 Å². The summed E-state index contributed by atoms with van der Waals surface area (Å²) in [6.07, 6.45) is 6.15. The summed E-state index contributed by atoms with van der Waals surface area (Å²) in [7, 11) is 0. The van der Waals surface area contributed by atoms with Gasteiger partial charge in [-0.15, -0.1) is 0 Å². The molecule has 1 saturated carbocycles. The van der Waals surface area contributed by atoms with Crippen molar-refractivity contribution in [3.63, 3.8) is 0 Å². The molecular formula is C19H27N3O2. The van der Waals surface area contributed by atoms with Gasteiger partial charge in [0.15, 0.2) is 0 Å². The van der Waals surface area contributed by atoms with Crippen LogP contribution < -0.4 is 11.1 Å². The van der Waals surface area contributed by atoms with E-state index in [0.717, 1.165) is 44.1 Å². The number of carbonyl (C=O) groups excluding carboxylic acids is 2. The van der Waals surface area contributed by atoms with Crippen LogP contribution in [0.4, 0.5) is 0 Å². The summed E-state index contributed by atoms with van der Waals surface area (Å²) in [5.41, 5.74) is 6.83. The molecule has 5 nitrogen and oxygen atoms in total. The van der Waals surface area contributed by atoms with Crippen LogP contribution in [0.2, 0.25) is 0 Å². The van der Waals surface area contributed by atoms with Crippen LogP contribution >= 0.6 is 0 Å². The number of carbonyl (C=O) groups is 2. The molecule has 2 fully saturated rings.